The molecular weight excluding hydrogens is 388 g/mol. The van der Waals surface area contributed by atoms with E-state index in [4.69, 9.17) is 9.47 Å². The molecule has 8 nitrogen and oxygen atoms in total. The molecule has 1 amide bonds. The minimum Gasteiger partial charge on any atom is -0.482 e. The van der Waals surface area contributed by atoms with Crippen molar-refractivity contribution >= 4 is 34.0 Å². The van der Waals surface area contributed by atoms with E-state index >= 15 is 0 Å². The Morgan fingerprint density at radius 2 is 1.67 bits per heavy atom. The van der Waals surface area contributed by atoms with Crippen LogP contribution >= 0.6 is 0 Å². The van der Waals surface area contributed by atoms with Crippen LogP contribution in [0, 0.1) is 24.0 Å². The summed E-state index contributed by atoms with van der Waals surface area (Å²) < 4.78 is 10.3. The van der Waals surface area contributed by atoms with E-state index in [2.05, 4.69) is 5.32 Å². The summed E-state index contributed by atoms with van der Waals surface area (Å²) in [6.45, 7) is 2.57. The molecule has 0 saturated heterocycles. The van der Waals surface area contributed by atoms with Crippen LogP contribution in [0.2, 0.25) is 0 Å². The number of carbonyl (C=O) groups excluding carboxylic acids is 2. The highest BCUT2D eigenvalue weighted by atomic mass is 16.6. The molecule has 30 heavy (non-hydrogen) atoms. The summed E-state index contributed by atoms with van der Waals surface area (Å²) in [5.41, 5.74) is 1.35. The number of carbonyl (C=O) groups is 2. The zero-order valence-electron chi connectivity index (χ0n) is 16.5. The molecule has 8 heteroatoms. The predicted molar refractivity (Wildman–Crippen MR) is 112 cm³/mol. The molecule has 154 valence electrons. The van der Waals surface area contributed by atoms with Gasteiger partial charge in [-0.25, -0.2) is 4.79 Å². The van der Waals surface area contributed by atoms with Crippen LogP contribution in [-0.2, 0) is 14.3 Å². The number of amides is 1. The van der Waals surface area contributed by atoms with Gasteiger partial charge in [0.05, 0.1) is 4.92 Å². The van der Waals surface area contributed by atoms with Crippen molar-refractivity contribution in [3.05, 3.63) is 75.8 Å². The number of aryl methyl sites for hydroxylation is 2. The van der Waals surface area contributed by atoms with E-state index in [1.165, 1.54) is 12.1 Å². The zero-order chi connectivity index (χ0) is 21.7. The van der Waals surface area contributed by atoms with Crippen molar-refractivity contribution in [2.45, 2.75) is 13.8 Å². The number of rotatable bonds is 7. The fourth-order valence-electron chi connectivity index (χ4n) is 2.83. The van der Waals surface area contributed by atoms with Gasteiger partial charge in [0.15, 0.2) is 13.2 Å². The Hall–Kier alpha value is -3.94. The topological polar surface area (TPSA) is 108 Å². The molecule has 0 aliphatic rings. The molecule has 0 saturated carbocycles. The summed E-state index contributed by atoms with van der Waals surface area (Å²) in [4.78, 5) is 34.5. The van der Waals surface area contributed by atoms with E-state index in [0.717, 1.165) is 21.9 Å². The fourth-order valence-corrected chi connectivity index (χ4v) is 2.83. The van der Waals surface area contributed by atoms with Gasteiger partial charge in [0.25, 0.3) is 11.6 Å². The summed E-state index contributed by atoms with van der Waals surface area (Å²) in [5, 5.41) is 15.6. The lowest BCUT2D eigenvalue weighted by Crippen LogP contribution is -2.24. The molecule has 0 fully saturated rings. The Labute approximate surface area is 172 Å². The van der Waals surface area contributed by atoms with Gasteiger partial charge in [0.2, 0.25) is 0 Å². The molecule has 3 aromatic rings. The van der Waals surface area contributed by atoms with Crippen molar-refractivity contribution in [3.8, 4) is 5.75 Å². The number of anilines is 1. The van der Waals surface area contributed by atoms with Crippen molar-refractivity contribution < 1.29 is 24.0 Å². The van der Waals surface area contributed by atoms with E-state index in [1.54, 1.807) is 26.0 Å². The van der Waals surface area contributed by atoms with Gasteiger partial charge in [-0.1, -0.05) is 30.3 Å². The normalized spacial score (nSPS) is 10.5. The smallest absolute Gasteiger partial charge is 0.344 e. The standard InChI is InChI=1S/C22H20N2O6/c1-14-9-19(20(24(27)28)10-15(14)2)23-21(25)12-30-22(26)13-29-18-8-7-16-5-3-4-6-17(16)11-18/h3-11H,12-13H2,1-2H3,(H,23,25). The second-order valence-electron chi connectivity index (χ2n) is 6.72. The maximum atomic E-state index is 12.1. The van der Waals surface area contributed by atoms with Crippen LogP contribution < -0.4 is 10.1 Å². The number of nitrogens with one attached hydrogen (secondary N) is 1. The molecule has 0 heterocycles. The first-order chi connectivity index (χ1) is 14.3. The predicted octanol–water partition coefficient (Wildman–Crippen LogP) is 3.93. The zero-order valence-corrected chi connectivity index (χ0v) is 16.5. The first-order valence-electron chi connectivity index (χ1n) is 9.16. The molecule has 0 radical (unpaired) electrons. The second-order valence-corrected chi connectivity index (χ2v) is 6.72. The summed E-state index contributed by atoms with van der Waals surface area (Å²) >= 11 is 0. The Morgan fingerprint density at radius 3 is 2.40 bits per heavy atom. The fraction of sp³-hybridized carbons (Fsp3) is 0.182. The third-order valence-corrected chi connectivity index (χ3v) is 4.52. The van der Waals surface area contributed by atoms with Gasteiger partial charge >= 0.3 is 5.97 Å². The van der Waals surface area contributed by atoms with Gasteiger partial charge in [-0.05, 0) is 53.9 Å². The maximum Gasteiger partial charge on any atom is 0.344 e. The average molecular weight is 408 g/mol. The highest BCUT2D eigenvalue weighted by Crippen LogP contribution is 2.27. The molecule has 0 unspecified atom stereocenters. The average Bonchev–Trinajstić information content (AvgIpc) is 2.72. The highest BCUT2D eigenvalue weighted by Gasteiger charge is 2.18. The van der Waals surface area contributed by atoms with E-state index in [9.17, 15) is 19.7 Å². The van der Waals surface area contributed by atoms with Gasteiger partial charge in [-0.2, -0.15) is 0 Å². The third kappa shape index (κ3) is 5.11. The first-order valence-corrected chi connectivity index (χ1v) is 9.16. The highest BCUT2D eigenvalue weighted by molar-refractivity contribution is 5.95. The Bertz CT molecular complexity index is 1130. The van der Waals surface area contributed by atoms with Crippen LogP contribution in [0.1, 0.15) is 11.1 Å². The molecular formula is C22H20N2O6. The van der Waals surface area contributed by atoms with Gasteiger partial charge in [-0.3, -0.25) is 14.9 Å². The number of nitro groups is 1. The van der Waals surface area contributed by atoms with Gasteiger partial charge in [-0.15, -0.1) is 0 Å². The largest absolute Gasteiger partial charge is 0.482 e. The minimum atomic E-state index is -0.729. The number of hydrogen-bond acceptors (Lipinski definition) is 6. The molecule has 0 bridgehead atoms. The SMILES string of the molecule is Cc1cc(NC(=O)COC(=O)COc2ccc3ccccc3c2)c([N+](=O)[O-])cc1C. The number of fused-ring (bicyclic) bond motifs is 1. The van der Waals surface area contributed by atoms with Gasteiger partial charge < -0.3 is 14.8 Å². The Kier molecular flexibility index (Phi) is 6.26. The van der Waals surface area contributed by atoms with Crippen LogP contribution in [0.25, 0.3) is 10.8 Å². The Morgan fingerprint density at radius 1 is 0.967 bits per heavy atom. The van der Waals surface area contributed by atoms with E-state index in [-0.39, 0.29) is 18.0 Å². The minimum absolute atomic E-state index is 0.0524. The lowest BCUT2D eigenvalue weighted by Gasteiger charge is -2.10. The lowest BCUT2D eigenvalue weighted by molar-refractivity contribution is -0.384. The third-order valence-electron chi connectivity index (χ3n) is 4.52. The van der Waals surface area contributed by atoms with Crippen LogP contribution in [0.15, 0.2) is 54.6 Å². The van der Waals surface area contributed by atoms with E-state index in [1.807, 2.05) is 30.3 Å². The second kappa shape index (κ2) is 9.04. The Balaban J connectivity index is 1.52. The van der Waals surface area contributed by atoms with Crippen molar-refractivity contribution in [3.63, 3.8) is 0 Å². The molecule has 0 atom stereocenters. The molecule has 0 spiro atoms. The number of hydrogen-bond donors (Lipinski definition) is 1. The quantitative estimate of drug-likeness (QED) is 0.361. The molecule has 3 aromatic carbocycles. The molecule has 0 aromatic heterocycles. The summed E-state index contributed by atoms with van der Waals surface area (Å²) in [5.74, 6) is -0.908. The number of benzene rings is 3. The van der Waals surface area contributed by atoms with E-state index in [0.29, 0.717) is 5.75 Å². The van der Waals surface area contributed by atoms with Crippen LogP contribution in [0.4, 0.5) is 11.4 Å². The van der Waals surface area contributed by atoms with Crippen LogP contribution in [0.5, 0.6) is 5.75 Å². The summed E-state index contributed by atoms with van der Waals surface area (Å²) in [6, 6.07) is 16.0. The molecule has 3 rings (SSSR count). The lowest BCUT2D eigenvalue weighted by atomic mass is 10.1. The number of esters is 1. The van der Waals surface area contributed by atoms with Crippen molar-refractivity contribution in [1.82, 2.24) is 0 Å². The number of ether oxygens (including phenoxy) is 2. The first kappa shape index (κ1) is 20.8. The van der Waals surface area contributed by atoms with Crippen LogP contribution in [0.3, 0.4) is 0 Å². The van der Waals surface area contributed by atoms with Crippen molar-refractivity contribution in [1.29, 1.82) is 0 Å². The number of nitrogens with zero attached hydrogens (tertiary/aromatic N) is 1. The van der Waals surface area contributed by atoms with Crippen LogP contribution in [-0.4, -0.2) is 30.0 Å². The van der Waals surface area contributed by atoms with Crippen molar-refractivity contribution in [2.75, 3.05) is 18.5 Å². The summed E-state index contributed by atoms with van der Waals surface area (Å²) in [7, 11) is 0. The number of nitro benzene ring substituents is 1. The van der Waals surface area contributed by atoms with E-state index < -0.39 is 23.4 Å². The van der Waals surface area contributed by atoms with Gasteiger partial charge in [0.1, 0.15) is 11.4 Å². The van der Waals surface area contributed by atoms with Gasteiger partial charge in [0, 0.05) is 6.07 Å². The molecule has 0 aliphatic carbocycles. The molecule has 1 N–H and O–H groups in total. The summed E-state index contributed by atoms with van der Waals surface area (Å²) in [6.07, 6.45) is 0. The monoisotopic (exact) mass is 408 g/mol. The molecule has 0 aliphatic heterocycles. The maximum absolute atomic E-state index is 12.1. The van der Waals surface area contributed by atoms with Crippen molar-refractivity contribution in [2.24, 2.45) is 0 Å².